The quantitative estimate of drug-likeness (QED) is 0.467. The summed E-state index contributed by atoms with van der Waals surface area (Å²) in [4.78, 5) is 36.7. The van der Waals surface area contributed by atoms with Crippen molar-refractivity contribution < 1.29 is 14.3 Å². The molecule has 0 N–H and O–H groups in total. The molecule has 0 radical (unpaired) electrons. The van der Waals surface area contributed by atoms with Crippen LogP contribution in [0.15, 0.2) is 30.3 Å². The van der Waals surface area contributed by atoms with Crippen LogP contribution in [0.2, 0.25) is 0 Å². The standard InChI is InChI=1S/C34H52N4O3/c1-24(2)38-32(40)37(27-13-15-41-16-14-27)23-34(38)17-28-11-12-29(18-34)36(28)21-26-20-35(31(39)19-33(3,4)5)22-30(26)25-9-7-6-8-10-25/h6-10,24,26-30H,11-23H2,1-5H3/t26-,28?,29?,30-,34?/m1/s1. The molecule has 5 aliphatic rings. The number of hydrogen-bond donors (Lipinski definition) is 0. The highest BCUT2D eigenvalue weighted by Crippen LogP contribution is 2.49. The summed E-state index contributed by atoms with van der Waals surface area (Å²) in [7, 11) is 0. The van der Waals surface area contributed by atoms with Gasteiger partial charge in [-0.05, 0) is 69.3 Å². The van der Waals surface area contributed by atoms with E-state index in [0.717, 1.165) is 65.1 Å². The number of amides is 3. The average Bonchev–Trinajstić information content (AvgIpc) is 3.55. The second-order valence-corrected chi connectivity index (χ2v) is 15.2. The summed E-state index contributed by atoms with van der Waals surface area (Å²) in [5.41, 5.74) is 1.30. The fraction of sp³-hybridized carbons (Fsp3) is 0.765. The van der Waals surface area contributed by atoms with E-state index < -0.39 is 0 Å². The van der Waals surface area contributed by atoms with E-state index >= 15 is 0 Å². The van der Waals surface area contributed by atoms with Gasteiger partial charge in [0.1, 0.15) is 0 Å². The molecule has 1 spiro atoms. The molecule has 1 aromatic rings. The summed E-state index contributed by atoms with van der Waals surface area (Å²) >= 11 is 0. The molecule has 5 fully saturated rings. The van der Waals surface area contributed by atoms with Crippen LogP contribution in [0.5, 0.6) is 0 Å². The van der Waals surface area contributed by atoms with Crippen molar-refractivity contribution in [2.45, 2.75) is 115 Å². The van der Waals surface area contributed by atoms with E-state index in [4.69, 9.17) is 4.74 Å². The maximum absolute atomic E-state index is 13.9. The maximum Gasteiger partial charge on any atom is 0.321 e. The van der Waals surface area contributed by atoms with Crippen molar-refractivity contribution in [1.82, 2.24) is 19.6 Å². The number of nitrogens with zero attached hydrogens (tertiary/aromatic N) is 4. The van der Waals surface area contributed by atoms with Crippen LogP contribution in [-0.4, -0.2) is 101 Å². The van der Waals surface area contributed by atoms with Crippen molar-refractivity contribution in [3.05, 3.63) is 35.9 Å². The van der Waals surface area contributed by atoms with E-state index in [2.05, 4.69) is 84.6 Å². The van der Waals surface area contributed by atoms with Gasteiger partial charge in [-0.3, -0.25) is 9.69 Å². The van der Waals surface area contributed by atoms with E-state index in [1.54, 1.807) is 0 Å². The van der Waals surface area contributed by atoms with Crippen LogP contribution < -0.4 is 0 Å². The highest BCUT2D eigenvalue weighted by Gasteiger charge is 2.59. The van der Waals surface area contributed by atoms with Crippen LogP contribution in [0.1, 0.15) is 91.0 Å². The monoisotopic (exact) mass is 564 g/mol. The van der Waals surface area contributed by atoms with Crippen molar-refractivity contribution in [3.8, 4) is 0 Å². The van der Waals surface area contributed by atoms with Crippen LogP contribution in [0.25, 0.3) is 0 Å². The number of ether oxygens (including phenoxy) is 1. The molecular weight excluding hydrogens is 512 g/mol. The average molecular weight is 565 g/mol. The molecule has 4 atom stereocenters. The van der Waals surface area contributed by atoms with Gasteiger partial charge < -0.3 is 19.4 Å². The number of rotatable bonds is 6. The van der Waals surface area contributed by atoms with Crippen molar-refractivity contribution in [1.29, 1.82) is 0 Å². The van der Waals surface area contributed by atoms with Crippen LogP contribution in [0, 0.1) is 11.3 Å². The van der Waals surface area contributed by atoms with E-state index in [9.17, 15) is 9.59 Å². The molecule has 5 aliphatic heterocycles. The molecule has 1 aromatic carbocycles. The van der Waals surface area contributed by atoms with Crippen molar-refractivity contribution in [2.24, 2.45) is 11.3 Å². The molecule has 5 heterocycles. The second-order valence-electron chi connectivity index (χ2n) is 15.2. The van der Waals surface area contributed by atoms with Crippen molar-refractivity contribution in [3.63, 3.8) is 0 Å². The Balaban J connectivity index is 1.20. The number of hydrogen-bond acceptors (Lipinski definition) is 4. The van der Waals surface area contributed by atoms with Gasteiger partial charge in [0.15, 0.2) is 0 Å². The lowest BCUT2D eigenvalue weighted by molar-refractivity contribution is -0.132. The molecule has 2 bridgehead atoms. The summed E-state index contributed by atoms with van der Waals surface area (Å²) in [6.45, 7) is 16.0. The first kappa shape index (κ1) is 29.0. The molecule has 7 heteroatoms. The van der Waals surface area contributed by atoms with E-state index in [0.29, 0.717) is 42.3 Å². The Bertz CT molecular complexity index is 1080. The fourth-order valence-electron chi connectivity index (χ4n) is 9.06. The SMILES string of the molecule is CC(C)N1C(=O)N(C2CCOCC2)CC12CC1CCC(C2)N1C[C@H]1CN(C(=O)CC(C)(C)C)C[C@@H]1c1ccccc1. The zero-order chi connectivity index (χ0) is 28.9. The van der Waals surface area contributed by atoms with Gasteiger partial charge in [-0.25, -0.2) is 4.79 Å². The van der Waals surface area contributed by atoms with Crippen molar-refractivity contribution >= 4 is 11.9 Å². The fourth-order valence-corrected chi connectivity index (χ4v) is 9.06. The molecule has 3 amide bonds. The van der Waals surface area contributed by atoms with Gasteiger partial charge in [0.05, 0.1) is 5.54 Å². The lowest BCUT2D eigenvalue weighted by Gasteiger charge is -2.50. The predicted molar refractivity (Wildman–Crippen MR) is 162 cm³/mol. The third-order valence-electron chi connectivity index (χ3n) is 10.7. The Morgan fingerprint density at radius 2 is 1.63 bits per heavy atom. The summed E-state index contributed by atoms with van der Waals surface area (Å²) in [5, 5.41) is 0. The summed E-state index contributed by atoms with van der Waals surface area (Å²) < 4.78 is 5.63. The van der Waals surface area contributed by atoms with E-state index in [1.807, 2.05) is 0 Å². The Hall–Kier alpha value is -2.12. The number of likely N-dealkylation sites (tertiary alicyclic amines) is 1. The molecule has 6 rings (SSSR count). The van der Waals surface area contributed by atoms with Gasteiger partial charge >= 0.3 is 6.03 Å². The maximum atomic E-state index is 13.9. The first-order chi connectivity index (χ1) is 19.5. The minimum Gasteiger partial charge on any atom is -0.381 e. The Morgan fingerprint density at radius 3 is 2.24 bits per heavy atom. The molecule has 7 nitrogen and oxygen atoms in total. The van der Waals surface area contributed by atoms with E-state index in [1.165, 1.54) is 18.4 Å². The second kappa shape index (κ2) is 11.2. The van der Waals surface area contributed by atoms with Crippen LogP contribution in [0.4, 0.5) is 4.79 Å². The summed E-state index contributed by atoms with van der Waals surface area (Å²) in [6.07, 6.45) is 7.10. The number of carbonyl (C=O) groups excluding carboxylic acids is 2. The minimum absolute atomic E-state index is 0.00273. The normalized spacial score (nSPS) is 33.1. The van der Waals surface area contributed by atoms with Crippen LogP contribution in [0.3, 0.4) is 0 Å². The molecule has 0 saturated carbocycles. The highest BCUT2D eigenvalue weighted by molar-refractivity contribution is 5.79. The Kier molecular flexibility index (Phi) is 7.90. The van der Waals surface area contributed by atoms with E-state index in [-0.39, 0.29) is 23.0 Å². The number of urea groups is 1. The zero-order valence-corrected chi connectivity index (χ0v) is 26.1. The Labute approximate surface area is 247 Å². The molecule has 0 aromatic heterocycles. The van der Waals surface area contributed by atoms with Gasteiger partial charge in [0.25, 0.3) is 0 Å². The third-order valence-corrected chi connectivity index (χ3v) is 10.7. The van der Waals surface area contributed by atoms with Crippen LogP contribution >= 0.6 is 0 Å². The molecular formula is C34H52N4O3. The zero-order valence-electron chi connectivity index (χ0n) is 26.1. The first-order valence-electron chi connectivity index (χ1n) is 16.3. The molecule has 5 saturated heterocycles. The largest absolute Gasteiger partial charge is 0.381 e. The third kappa shape index (κ3) is 5.65. The molecule has 41 heavy (non-hydrogen) atoms. The van der Waals surface area contributed by atoms with Gasteiger partial charge in [0, 0.05) is 75.9 Å². The number of carbonyl (C=O) groups is 2. The molecule has 0 aliphatic carbocycles. The summed E-state index contributed by atoms with van der Waals surface area (Å²) in [5.74, 6) is 1.11. The lowest BCUT2D eigenvalue weighted by Crippen LogP contribution is -2.60. The van der Waals surface area contributed by atoms with Gasteiger partial charge in [0.2, 0.25) is 5.91 Å². The smallest absolute Gasteiger partial charge is 0.321 e. The minimum atomic E-state index is -0.0604. The highest BCUT2D eigenvalue weighted by atomic mass is 16.5. The number of benzene rings is 1. The summed E-state index contributed by atoms with van der Waals surface area (Å²) in [6, 6.07) is 12.7. The molecule has 226 valence electrons. The van der Waals surface area contributed by atoms with Crippen molar-refractivity contribution in [2.75, 3.05) is 39.4 Å². The molecule has 2 unspecified atom stereocenters. The lowest BCUT2D eigenvalue weighted by atomic mass is 9.80. The number of piperidine rings is 1. The van der Waals surface area contributed by atoms with Gasteiger partial charge in [-0.15, -0.1) is 0 Å². The van der Waals surface area contributed by atoms with Gasteiger partial charge in [-0.2, -0.15) is 0 Å². The first-order valence-corrected chi connectivity index (χ1v) is 16.3. The van der Waals surface area contributed by atoms with Crippen LogP contribution in [-0.2, 0) is 9.53 Å². The predicted octanol–water partition coefficient (Wildman–Crippen LogP) is 5.36. The Morgan fingerprint density at radius 1 is 0.976 bits per heavy atom. The topological polar surface area (TPSA) is 56.3 Å². The van der Waals surface area contributed by atoms with Gasteiger partial charge in [-0.1, -0.05) is 51.1 Å². The number of fused-ring (bicyclic) bond motifs is 2.